The Morgan fingerprint density at radius 2 is 1.06 bits per heavy atom. The van der Waals surface area contributed by atoms with Gasteiger partial charge < -0.3 is 12.4 Å². The van der Waals surface area contributed by atoms with Gasteiger partial charge in [-0.1, -0.05) is 71.5 Å². The molecule has 0 radical (unpaired) electrons. The standard InChI is InChI=1S/C29H43OS.ClH/c1-26(2,3)22-16-20(17-23(30-22)27(4,5)6)14-13-15-21-18-24(28(7,8)9)31-25(19-21)29(10,11)12;/h13-19H,1-12H3;1H/q+1;/p-1. The molecule has 3 heteroatoms. The molecule has 178 valence electrons. The molecule has 1 aliphatic heterocycles. The molecule has 0 aromatic carbocycles. The van der Waals surface area contributed by atoms with Crippen LogP contribution in [0.1, 0.15) is 100 Å². The topological polar surface area (TPSA) is 11.3 Å². The minimum absolute atomic E-state index is 0. The summed E-state index contributed by atoms with van der Waals surface area (Å²) in [5, 5.41) is 0. The van der Waals surface area contributed by atoms with Crippen LogP contribution in [-0.4, -0.2) is 0 Å². The van der Waals surface area contributed by atoms with Crippen LogP contribution < -0.4 is 12.4 Å². The molecule has 0 fully saturated rings. The summed E-state index contributed by atoms with van der Waals surface area (Å²) in [6.45, 7) is 26.9. The van der Waals surface area contributed by atoms with E-state index in [-0.39, 0.29) is 34.1 Å². The minimum Gasteiger partial charge on any atom is -1.00 e. The van der Waals surface area contributed by atoms with Crippen LogP contribution in [0.3, 0.4) is 0 Å². The molecule has 0 N–H and O–H groups in total. The summed E-state index contributed by atoms with van der Waals surface area (Å²) in [4.78, 5) is 2.84. The fourth-order valence-corrected chi connectivity index (χ4v) is 4.22. The van der Waals surface area contributed by atoms with Gasteiger partial charge in [0.25, 0.3) is 0 Å². The van der Waals surface area contributed by atoms with Crippen LogP contribution in [0, 0.1) is 10.8 Å². The predicted molar refractivity (Wildman–Crippen MR) is 140 cm³/mol. The Balaban J connectivity index is 0.00000512. The van der Waals surface area contributed by atoms with Crippen LogP contribution in [-0.2, 0) is 10.8 Å². The molecule has 0 saturated carbocycles. The van der Waals surface area contributed by atoms with Gasteiger partial charge in [-0.25, -0.2) is 4.42 Å². The molecule has 1 aromatic heterocycles. The molecule has 0 bridgehead atoms. The van der Waals surface area contributed by atoms with E-state index < -0.39 is 0 Å². The van der Waals surface area contributed by atoms with Crippen LogP contribution in [0.25, 0.3) is 6.08 Å². The summed E-state index contributed by atoms with van der Waals surface area (Å²) >= 11 is 1.93. The third-order valence-corrected chi connectivity index (χ3v) is 7.07. The summed E-state index contributed by atoms with van der Waals surface area (Å²) in [7, 11) is 0. The summed E-state index contributed by atoms with van der Waals surface area (Å²) in [6.07, 6.45) is 11.3. The van der Waals surface area contributed by atoms with Gasteiger partial charge in [-0.3, -0.25) is 0 Å². The van der Waals surface area contributed by atoms with E-state index in [9.17, 15) is 0 Å². The van der Waals surface area contributed by atoms with E-state index in [4.69, 9.17) is 4.42 Å². The van der Waals surface area contributed by atoms with Crippen molar-refractivity contribution in [2.45, 2.75) is 93.9 Å². The second-order valence-electron chi connectivity index (χ2n) is 12.8. The molecule has 2 rings (SSSR count). The largest absolute Gasteiger partial charge is 1.00 e. The van der Waals surface area contributed by atoms with Gasteiger partial charge in [-0.05, 0) is 85.5 Å². The molecule has 0 unspecified atom stereocenters. The van der Waals surface area contributed by atoms with E-state index in [0.717, 1.165) is 11.5 Å². The maximum Gasteiger partial charge on any atom is 0.335 e. The van der Waals surface area contributed by atoms with Crippen molar-refractivity contribution in [3.05, 3.63) is 68.9 Å². The maximum atomic E-state index is 6.28. The number of hydrogen-bond donors (Lipinski definition) is 0. The first-order valence-electron chi connectivity index (χ1n) is 11.4. The van der Waals surface area contributed by atoms with Gasteiger partial charge in [0.05, 0.1) is 10.8 Å². The van der Waals surface area contributed by atoms with Gasteiger partial charge >= 0.3 is 11.5 Å². The molecule has 1 nitrogen and oxygen atoms in total. The smallest absolute Gasteiger partial charge is 0.335 e. The van der Waals surface area contributed by atoms with Crippen molar-refractivity contribution in [3.8, 4) is 0 Å². The highest BCUT2D eigenvalue weighted by atomic mass is 35.5. The number of halogens is 1. The molecule has 32 heavy (non-hydrogen) atoms. The Morgan fingerprint density at radius 3 is 1.41 bits per heavy atom. The lowest BCUT2D eigenvalue weighted by molar-refractivity contribution is -0.00000842. The lowest BCUT2D eigenvalue weighted by Crippen LogP contribution is -3.00. The highest BCUT2D eigenvalue weighted by Crippen LogP contribution is 2.48. The van der Waals surface area contributed by atoms with Crippen molar-refractivity contribution >= 4 is 17.8 Å². The fourth-order valence-electron chi connectivity index (χ4n) is 2.98. The SMILES string of the molecule is CC(C)(C)C1=CC(=CC=Cc2cc(C(C)(C)C)[o+]c(C(C)(C)C)c2)C=C(C(C)(C)C)S1.[Cl-]. The van der Waals surface area contributed by atoms with Gasteiger partial charge in [0.1, 0.15) is 0 Å². The zero-order chi connectivity index (χ0) is 23.8. The van der Waals surface area contributed by atoms with Crippen molar-refractivity contribution in [1.82, 2.24) is 0 Å². The van der Waals surface area contributed by atoms with Crippen LogP contribution in [0.2, 0.25) is 0 Å². The first-order valence-corrected chi connectivity index (χ1v) is 12.2. The van der Waals surface area contributed by atoms with Crippen molar-refractivity contribution in [2.75, 3.05) is 0 Å². The van der Waals surface area contributed by atoms with Crippen molar-refractivity contribution in [1.29, 1.82) is 0 Å². The van der Waals surface area contributed by atoms with E-state index in [1.165, 1.54) is 20.9 Å². The first-order chi connectivity index (χ1) is 13.9. The fraction of sp³-hybridized carbons (Fsp3) is 0.552. The predicted octanol–water partition coefficient (Wildman–Crippen LogP) is 6.71. The Morgan fingerprint density at radius 1 is 0.656 bits per heavy atom. The Kier molecular flexibility index (Phi) is 8.94. The molecule has 0 spiro atoms. The van der Waals surface area contributed by atoms with E-state index in [0.29, 0.717) is 0 Å². The zero-order valence-corrected chi connectivity index (χ0v) is 23.8. The highest BCUT2D eigenvalue weighted by molar-refractivity contribution is 8.06. The number of hydrogen-bond acceptors (Lipinski definition) is 1. The average molecular weight is 475 g/mol. The summed E-state index contributed by atoms with van der Waals surface area (Å²) in [6, 6.07) is 4.35. The molecule has 2 heterocycles. The van der Waals surface area contributed by atoms with Gasteiger partial charge in [-0.2, -0.15) is 0 Å². The second kappa shape index (κ2) is 9.94. The van der Waals surface area contributed by atoms with Crippen LogP contribution in [0.4, 0.5) is 0 Å². The van der Waals surface area contributed by atoms with Crippen molar-refractivity contribution < 1.29 is 16.8 Å². The monoisotopic (exact) mass is 474 g/mol. The Labute approximate surface area is 208 Å². The van der Waals surface area contributed by atoms with Gasteiger partial charge in [0.15, 0.2) is 0 Å². The quantitative estimate of drug-likeness (QED) is 0.441. The number of rotatable bonds is 2. The molecule has 0 aliphatic carbocycles. The van der Waals surface area contributed by atoms with Crippen molar-refractivity contribution in [2.24, 2.45) is 10.8 Å². The molecule has 0 saturated heterocycles. The van der Waals surface area contributed by atoms with Gasteiger partial charge in [0, 0.05) is 12.1 Å². The van der Waals surface area contributed by atoms with Crippen molar-refractivity contribution in [3.63, 3.8) is 0 Å². The summed E-state index contributed by atoms with van der Waals surface area (Å²) in [5.74, 6) is 2.04. The Hall–Kier alpha value is -1.25. The summed E-state index contributed by atoms with van der Waals surface area (Å²) < 4.78 is 6.28. The van der Waals surface area contributed by atoms with Crippen LogP contribution in [0.15, 0.2) is 56.2 Å². The lowest BCUT2D eigenvalue weighted by Gasteiger charge is -2.31. The normalized spacial score (nSPS) is 15.9. The zero-order valence-electron chi connectivity index (χ0n) is 22.2. The molecular weight excluding hydrogens is 432 g/mol. The lowest BCUT2D eigenvalue weighted by atomic mass is 9.88. The van der Waals surface area contributed by atoms with Crippen LogP contribution in [0.5, 0.6) is 0 Å². The minimum atomic E-state index is -0.0302. The van der Waals surface area contributed by atoms with Gasteiger partial charge in [0.2, 0.25) is 0 Å². The molecule has 1 aliphatic rings. The first kappa shape index (κ1) is 28.8. The highest BCUT2D eigenvalue weighted by Gasteiger charge is 2.33. The number of allylic oxidation sites excluding steroid dienone is 7. The summed E-state index contributed by atoms with van der Waals surface area (Å²) in [5.41, 5.74) is 2.67. The third-order valence-electron chi connectivity index (χ3n) is 5.17. The number of thioether (sulfide) groups is 1. The van der Waals surface area contributed by atoms with Gasteiger partial charge in [-0.15, -0.1) is 0 Å². The van der Waals surface area contributed by atoms with E-state index >= 15 is 0 Å². The van der Waals surface area contributed by atoms with E-state index in [1.54, 1.807) is 0 Å². The Bertz CT molecular complexity index is 869. The molecule has 1 aromatic rings. The average Bonchev–Trinajstić information content (AvgIpc) is 2.58. The maximum absolute atomic E-state index is 6.28. The second-order valence-corrected chi connectivity index (χ2v) is 13.8. The van der Waals surface area contributed by atoms with E-state index in [1.807, 2.05) is 11.8 Å². The molecule has 0 amide bonds. The molecule has 0 atom stereocenters. The van der Waals surface area contributed by atoms with Crippen LogP contribution >= 0.6 is 11.8 Å². The molecular formula is C29H43ClOS. The van der Waals surface area contributed by atoms with E-state index in [2.05, 4.69) is 126 Å². The third kappa shape index (κ3) is 7.96.